The van der Waals surface area contributed by atoms with Crippen LogP contribution in [0.4, 0.5) is 0 Å². The molecule has 3 rings (SSSR count). The minimum Gasteiger partial charge on any atom is -0.393 e. The zero-order valence-corrected chi connectivity index (χ0v) is 15.2. The van der Waals surface area contributed by atoms with E-state index in [1.54, 1.807) is 6.08 Å². The monoisotopic (exact) mass is 320 g/mol. The SMILES string of the molecule is C=C[C@@]1(CO)CC[C@@H]2[C@]3(C)CCC(=O)C(C)(C)[C@H]3CC[C@]2(C)O1. The predicted molar refractivity (Wildman–Crippen MR) is 91.1 cm³/mol. The second-order valence-corrected chi connectivity index (χ2v) is 9.17. The molecule has 2 saturated carbocycles. The third-order valence-electron chi connectivity index (χ3n) is 7.67. The molecule has 5 atom stereocenters. The average Bonchev–Trinajstić information content (AvgIpc) is 2.50. The third-order valence-corrected chi connectivity index (χ3v) is 7.67. The van der Waals surface area contributed by atoms with Gasteiger partial charge >= 0.3 is 0 Å². The van der Waals surface area contributed by atoms with Crippen LogP contribution < -0.4 is 0 Å². The van der Waals surface area contributed by atoms with Crippen molar-refractivity contribution in [3.63, 3.8) is 0 Å². The third kappa shape index (κ3) is 2.26. The van der Waals surface area contributed by atoms with Crippen molar-refractivity contribution >= 4 is 5.78 Å². The zero-order chi connectivity index (χ0) is 17.1. The number of ketones is 1. The normalized spacial score (nSPS) is 49.2. The molecule has 3 fully saturated rings. The molecule has 0 aromatic rings. The van der Waals surface area contributed by atoms with Gasteiger partial charge in [-0.3, -0.25) is 4.79 Å². The van der Waals surface area contributed by atoms with Crippen LogP contribution >= 0.6 is 0 Å². The molecule has 23 heavy (non-hydrogen) atoms. The molecule has 1 heterocycles. The molecule has 130 valence electrons. The summed E-state index contributed by atoms with van der Waals surface area (Å²) in [6, 6.07) is 0. The van der Waals surface area contributed by atoms with E-state index in [-0.39, 0.29) is 23.0 Å². The Morgan fingerprint density at radius 3 is 2.43 bits per heavy atom. The molecule has 0 unspecified atom stereocenters. The minimum absolute atomic E-state index is 0.00291. The van der Waals surface area contributed by atoms with E-state index in [9.17, 15) is 9.90 Å². The van der Waals surface area contributed by atoms with Crippen molar-refractivity contribution in [1.29, 1.82) is 0 Å². The van der Waals surface area contributed by atoms with Crippen LogP contribution in [0.1, 0.15) is 66.2 Å². The highest BCUT2D eigenvalue weighted by atomic mass is 16.5. The van der Waals surface area contributed by atoms with E-state index in [1.807, 2.05) is 0 Å². The van der Waals surface area contributed by atoms with Gasteiger partial charge < -0.3 is 9.84 Å². The van der Waals surface area contributed by atoms with Crippen molar-refractivity contribution in [1.82, 2.24) is 0 Å². The number of aliphatic hydroxyl groups is 1. The van der Waals surface area contributed by atoms with Gasteiger partial charge in [-0.25, -0.2) is 0 Å². The Morgan fingerprint density at radius 2 is 1.83 bits per heavy atom. The van der Waals surface area contributed by atoms with E-state index in [2.05, 4.69) is 34.3 Å². The Morgan fingerprint density at radius 1 is 1.17 bits per heavy atom. The zero-order valence-electron chi connectivity index (χ0n) is 15.2. The van der Waals surface area contributed by atoms with Gasteiger partial charge in [0.05, 0.1) is 12.2 Å². The topological polar surface area (TPSA) is 46.5 Å². The molecule has 0 radical (unpaired) electrons. The fraction of sp³-hybridized carbons (Fsp3) is 0.850. The molecule has 1 N–H and O–H groups in total. The molecule has 3 aliphatic rings. The first-order valence-electron chi connectivity index (χ1n) is 9.11. The van der Waals surface area contributed by atoms with Gasteiger partial charge in [0, 0.05) is 11.8 Å². The van der Waals surface area contributed by atoms with Crippen molar-refractivity contribution in [2.75, 3.05) is 6.61 Å². The minimum atomic E-state index is -0.589. The molecule has 0 spiro atoms. The van der Waals surface area contributed by atoms with E-state index in [0.29, 0.717) is 24.0 Å². The number of rotatable bonds is 2. The lowest BCUT2D eigenvalue weighted by Gasteiger charge is -2.64. The number of Topliss-reactive ketones (excluding diaryl/α,β-unsaturated/α-hetero) is 1. The van der Waals surface area contributed by atoms with Gasteiger partial charge in [-0.15, -0.1) is 6.58 Å². The van der Waals surface area contributed by atoms with Gasteiger partial charge in [-0.05, 0) is 56.3 Å². The molecule has 0 amide bonds. The van der Waals surface area contributed by atoms with Gasteiger partial charge in [-0.2, -0.15) is 0 Å². The predicted octanol–water partition coefficient (Wildman–Crippen LogP) is 3.89. The standard InChI is InChI=1S/C20H32O3/c1-6-20(13-21)12-8-15-18(4)10-9-16(22)17(2,3)14(18)7-11-19(15,5)23-20/h6,14-15,21H,1,7-13H2,2-5H3/t14-,15-,18-,19+,20+/m1/s1. The highest BCUT2D eigenvalue weighted by molar-refractivity contribution is 5.85. The average molecular weight is 320 g/mol. The lowest BCUT2D eigenvalue weighted by Crippen LogP contribution is -2.64. The van der Waals surface area contributed by atoms with Gasteiger partial charge in [0.15, 0.2) is 0 Å². The molecule has 3 heteroatoms. The van der Waals surface area contributed by atoms with Crippen LogP contribution in [0, 0.1) is 22.7 Å². The molecular formula is C20H32O3. The van der Waals surface area contributed by atoms with Gasteiger partial charge in [-0.1, -0.05) is 26.8 Å². The Bertz CT molecular complexity index is 525. The fourth-order valence-corrected chi connectivity index (χ4v) is 6.29. The molecular weight excluding hydrogens is 288 g/mol. The summed E-state index contributed by atoms with van der Waals surface area (Å²) in [7, 11) is 0. The van der Waals surface area contributed by atoms with Crippen LogP contribution in [-0.2, 0) is 9.53 Å². The van der Waals surface area contributed by atoms with E-state index in [0.717, 1.165) is 32.1 Å². The summed E-state index contributed by atoms with van der Waals surface area (Å²) < 4.78 is 6.52. The summed E-state index contributed by atoms with van der Waals surface area (Å²) in [5.41, 5.74) is -0.892. The number of hydrogen-bond donors (Lipinski definition) is 1. The summed E-state index contributed by atoms with van der Waals surface area (Å²) in [5.74, 6) is 1.31. The van der Waals surface area contributed by atoms with Crippen LogP contribution in [0.25, 0.3) is 0 Å². The Labute approximate surface area is 140 Å². The summed E-state index contributed by atoms with van der Waals surface area (Å²) in [5, 5.41) is 9.82. The molecule has 3 nitrogen and oxygen atoms in total. The van der Waals surface area contributed by atoms with Gasteiger partial charge in [0.25, 0.3) is 0 Å². The second-order valence-electron chi connectivity index (χ2n) is 9.17. The molecule has 0 aromatic carbocycles. The number of carbonyl (C=O) groups is 1. The molecule has 1 aliphatic heterocycles. The van der Waals surface area contributed by atoms with Gasteiger partial charge in [0.1, 0.15) is 11.4 Å². The number of hydrogen-bond acceptors (Lipinski definition) is 3. The van der Waals surface area contributed by atoms with Crippen molar-refractivity contribution < 1.29 is 14.6 Å². The summed E-state index contributed by atoms with van der Waals surface area (Å²) >= 11 is 0. The lowest BCUT2D eigenvalue weighted by atomic mass is 9.44. The Hall–Kier alpha value is -0.670. The van der Waals surface area contributed by atoms with Crippen molar-refractivity contribution in [2.45, 2.75) is 77.4 Å². The lowest BCUT2D eigenvalue weighted by molar-refractivity contribution is -0.260. The maximum absolute atomic E-state index is 12.5. The summed E-state index contributed by atoms with van der Waals surface area (Å²) in [4.78, 5) is 12.5. The quantitative estimate of drug-likeness (QED) is 0.785. The highest BCUT2D eigenvalue weighted by Gasteiger charge is 2.63. The maximum Gasteiger partial charge on any atom is 0.138 e. The summed E-state index contributed by atoms with van der Waals surface area (Å²) in [6.45, 7) is 12.8. The largest absolute Gasteiger partial charge is 0.393 e. The van der Waals surface area contributed by atoms with Crippen LogP contribution in [0.3, 0.4) is 0 Å². The molecule has 0 aromatic heterocycles. The number of carbonyl (C=O) groups excluding carboxylic acids is 1. The van der Waals surface area contributed by atoms with E-state index >= 15 is 0 Å². The second kappa shape index (κ2) is 5.16. The van der Waals surface area contributed by atoms with E-state index < -0.39 is 5.60 Å². The summed E-state index contributed by atoms with van der Waals surface area (Å²) in [6.07, 6.45) is 7.32. The first-order valence-corrected chi connectivity index (χ1v) is 9.11. The van der Waals surface area contributed by atoms with E-state index in [1.165, 1.54) is 0 Å². The number of aliphatic hydroxyl groups excluding tert-OH is 1. The number of fused-ring (bicyclic) bond motifs is 3. The van der Waals surface area contributed by atoms with Crippen LogP contribution in [0.15, 0.2) is 12.7 Å². The van der Waals surface area contributed by atoms with Crippen LogP contribution in [0.5, 0.6) is 0 Å². The van der Waals surface area contributed by atoms with Crippen molar-refractivity contribution in [3.05, 3.63) is 12.7 Å². The van der Waals surface area contributed by atoms with Crippen LogP contribution in [0.2, 0.25) is 0 Å². The smallest absolute Gasteiger partial charge is 0.138 e. The van der Waals surface area contributed by atoms with Crippen molar-refractivity contribution in [2.24, 2.45) is 22.7 Å². The molecule has 1 saturated heterocycles. The van der Waals surface area contributed by atoms with Crippen molar-refractivity contribution in [3.8, 4) is 0 Å². The fourth-order valence-electron chi connectivity index (χ4n) is 6.29. The maximum atomic E-state index is 12.5. The molecule has 0 bridgehead atoms. The first kappa shape index (κ1) is 17.2. The van der Waals surface area contributed by atoms with Crippen LogP contribution in [-0.4, -0.2) is 28.7 Å². The number of ether oxygens (including phenoxy) is 1. The highest BCUT2D eigenvalue weighted by Crippen LogP contribution is 2.64. The Balaban J connectivity index is 1.96. The van der Waals surface area contributed by atoms with E-state index in [4.69, 9.17) is 4.74 Å². The molecule has 2 aliphatic carbocycles. The van der Waals surface area contributed by atoms with Gasteiger partial charge in [0.2, 0.25) is 0 Å². The Kier molecular flexibility index (Phi) is 3.85. The first-order chi connectivity index (χ1) is 10.6.